The maximum absolute atomic E-state index is 13.0. The van der Waals surface area contributed by atoms with Crippen LogP contribution in [0.25, 0.3) is 0 Å². The first-order valence-electron chi connectivity index (χ1n) is 7.62. The van der Waals surface area contributed by atoms with Crippen LogP contribution < -0.4 is 5.32 Å². The van der Waals surface area contributed by atoms with Gasteiger partial charge in [0, 0.05) is 0 Å². The lowest BCUT2D eigenvalue weighted by molar-refractivity contribution is -0.132. The molecule has 0 saturated carbocycles. The number of aromatic nitrogens is 2. The maximum Gasteiger partial charge on any atom is 0.325 e. The number of nitrogens with zero attached hydrogens (tertiary/aromatic N) is 3. The molecule has 1 N–H and O–H groups in total. The highest BCUT2D eigenvalue weighted by Gasteiger charge is 2.54. The van der Waals surface area contributed by atoms with Crippen molar-refractivity contribution < 1.29 is 14.1 Å². The number of benzene rings is 1. The Morgan fingerprint density at radius 3 is 2.96 bits per heavy atom. The molecule has 4 rings (SSSR count). The zero-order valence-corrected chi connectivity index (χ0v) is 12.7. The van der Waals surface area contributed by atoms with Gasteiger partial charge in [-0.25, -0.2) is 4.79 Å². The van der Waals surface area contributed by atoms with Crippen molar-refractivity contribution >= 4 is 11.9 Å². The summed E-state index contributed by atoms with van der Waals surface area (Å²) in [5.41, 5.74) is 1.05. The number of hydrogen-bond acceptors (Lipinski definition) is 5. The van der Waals surface area contributed by atoms with Crippen LogP contribution in [0.2, 0.25) is 0 Å². The number of carbonyl (C=O) groups excluding carboxylic acids is 2. The van der Waals surface area contributed by atoms with Crippen LogP contribution in [-0.2, 0) is 23.3 Å². The monoisotopic (exact) mass is 312 g/mol. The van der Waals surface area contributed by atoms with E-state index in [0.29, 0.717) is 12.2 Å². The molecule has 1 aromatic carbocycles. The molecule has 7 nitrogen and oxygen atoms in total. The van der Waals surface area contributed by atoms with E-state index >= 15 is 0 Å². The van der Waals surface area contributed by atoms with Crippen molar-refractivity contribution in [3.05, 3.63) is 47.1 Å². The van der Waals surface area contributed by atoms with Gasteiger partial charge in [0.05, 0.1) is 0 Å². The number of fused-ring (bicyclic) bond motifs is 2. The highest BCUT2D eigenvalue weighted by atomic mass is 16.5. The van der Waals surface area contributed by atoms with Crippen LogP contribution in [0.3, 0.4) is 0 Å². The number of imide groups is 1. The van der Waals surface area contributed by atoms with Gasteiger partial charge in [0.15, 0.2) is 5.82 Å². The summed E-state index contributed by atoms with van der Waals surface area (Å²) in [6.45, 7) is 1.69. The zero-order valence-electron chi connectivity index (χ0n) is 12.7. The summed E-state index contributed by atoms with van der Waals surface area (Å²) in [7, 11) is 0. The molecule has 1 atom stereocenters. The number of hydrogen-bond donors (Lipinski definition) is 1. The molecule has 7 heteroatoms. The van der Waals surface area contributed by atoms with E-state index in [2.05, 4.69) is 15.5 Å². The summed E-state index contributed by atoms with van der Waals surface area (Å²) in [4.78, 5) is 30.6. The Labute approximate surface area is 132 Å². The molecule has 0 radical (unpaired) electrons. The predicted octanol–water partition coefficient (Wildman–Crippen LogP) is 1.66. The molecule has 1 fully saturated rings. The van der Waals surface area contributed by atoms with E-state index in [1.807, 2.05) is 24.3 Å². The van der Waals surface area contributed by atoms with Gasteiger partial charge in [-0.05, 0) is 37.3 Å². The fraction of sp³-hybridized carbons (Fsp3) is 0.375. The number of rotatable bonds is 2. The van der Waals surface area contributed by atoms with Crippen LogP contribution in [0.1, 0.15) is 35.7 Å². The van der Waals surface area contributed by atoms with Crippen LogP contribution in [-0.4, -0.2) is 27.0 Å². The van der Waals surface area contributed by atoms with E-state index in [1.165, 1.54) is 0 Å². The Morgan fingerprint density at radius 2 is 2.17 bits per heavy atom. The fourth-order valence-corrected chi connectivity index (χ4v) is 3.49. The summed E-state index contributed by atoms with van der Waals surface area (Å²) < 4.78 is 5.03. The van der Waals surface area contributed by atoms with Crippen molar-refractivity contribution in [3.63, 3.8) is 0 Å². The second kappa shape index (κ2) is 4.91. The maximum atomic E-state index is 13.0. The highest BCUT2D eigenvalue weighted by Crippen LogP contribution is 2.40. The molecule has 3 amide bonds. The SMILES string of the molecule is Cc1noc(CN2C(=O)NC3(CCCc4ccccc43)C2=O)n1. The Kier molecular flexibility index (Phi) is 2.97. The van der Waals surface area contributed by atoms with E-state index in [0.717, 1.165) is 28.9 Å². The minimum absolute atomic E-state index is 0.00454. The summed E-state index contributed by atoms with van der Waals surface area (Å²) in [5.74, 6) is 0.488. The number of carbonyl (C=O) groups is 2. The second-order valence-corrected chi connectivity index (χ2v) is 5.97. The van der Waals surface area contributed by atoms with Gasteiger partial charge in [-0.15, -0.1) is 0 Å². The first-order chi connectivity index (χ1) is 11.1. The molecule has 2 aromatic rings. The van der Waals surface area contributed by atoms with E-state index in [4.69, 9.17) is 4.52 Å². The zero-order chi connectivity index (χ0) is 16.0. The smallest absolute Gasteiger partial charge is 0.325 e. The largest absolute Gasteiger partial charge is 0.337 e. The molecule has 2 heterocycles. The molecule has 118 valence electrons. The minimum atomic E-state index is -0.957. The number of amides is 3. The lowest BCUT2D eigenvalue weighted by Gasteiger charge is -2.33. The summed E-state index contributed by atoms with van der Waals surface area (Å²) in [6.07, 6.45) is 2.38. The van der Waals surface area contributed by atoms with Crippen molar-refractivity contribution in [3.8, 4) is 0 Å². The Bertz CT molecular complexity index is 800. The van der Waals surface area contributed by atoms with Crippen molar-refractivity contribution in [1.82, 2.24) is 20.4 Å². The fourth-order valence-electron chi connectivity index (χ4n) is 3.49. The molecule has 1 unspecified atom stereocenters. The summed E-state index contributed by atoms with van der Waals surface area (Å²) in [6, 6.07) is 7.38. The summed E-state index contributed by atoms with van der Waals surface area (Å²) >= 11 is 0. The number of aryl methyl sites for hydroxylation is 2. The van der Waals surface area contributed by atoms with E-state index in [-0.39, 0.29) is 18.3 Å². The first-order valence-corrected chi connectivity index (χ1v) is 7.62. The van der Waals surface area contributed by atoms with Crippen molar-refractivity contribution in [1.29, 1.82) is 0 Å². The molecule has 0 bridgehead atoms. The number of urea groups is 1. The van der Waals surface area contributed by atoms with Crippen LogP contribution >= 0.6 is 0 Å². The van der Waals surface area contributed by atoms with Gasteiger partial charge >= 0.3 is 6.03 Å². The molecule has 1 aliphatic heterocycles. The highest BCUT2D eigenvalue weighted by molar-refractivity contribution is 6.07. The number of nitrogens with one attached hydrogen (secondary N) is 1. The molecule has 2 aliphatic rings. The third-order valence-electron chi connectivity index (χ3n) is 4.51. The Morgan fingerprint density at radius 1 is 1.35 bits per heavy atom. The average Bonchev–Trinajstić information content (AvgIpc) is 3.06. The standard InChI is InChI=1S/C16H16N4O3/c1-10-17-13(23-19-10)9-20-14(21)16(18-15(20)22)8-4-6-11-5-2-3-7-12(11)16/h2-3,5,7H,4,6,8-9H2,1H3,(H,18,22). The van der Waals surface area contributed by atoms with Crippen molar-refractivity contribution in [2.45, 2.75) is 38.3 Å². The van der Waals surface area contributed by atoms with Crippen LogP contribution in [0.15, 0.2) is 28.8 Å². The quantitative estimate of drug-likeness (QED) is 0.852. The van der Waals surface area contributed by atoms with E-state index in [1.54, 1.807) is 6.92 Å². The predicted molar refractivity (Wildman–Crippen MR) is 79.2 cm³/mol. The first kappa shape index (κ1) is 13.9. The van der Waals surface area contributed by atoms with E-state index in [9.17, 15) is 9.59 Å². The molecule has 1 aliphatic carbocycles. The topological polar surface area (TPSA) is 88.3 Å². The van der Waals surface area contributed by atoms with Crippen molar-refractivity contribution in [2.24, 2.45) is 0 Å². The molecule has 1 saturated heterocycles. The molecule has 23 heavy (non-hydrogen) atoms. The van der Waals surface area contributed by atoms with Crippen LogP contribution in [0.5, 0.6) is 0 Å². The third-order valence-corrected chi connectivity index (χ3v) is 4.51. The van der Waals surface area contributed by atoms with Gasteiger partial charge in [-0.3, -0.25) is 9.69 Å². The van der Waals surface area contributed by atoms with Gasteiger partial charge in [0.1, 0.15) is 12.1 Å². The van der Waals surface area contributed by atoms with Gasteiger partial charge in [0.2, 0.25) is 5.89 Å². The van der Waals surface area contributed by atoms with E-state index < -0.39 is 11.6 Å². The molecule has 1 spiro atoms. The summed E-state index contributed by atoms with van der Waals surface area (Å²) in [5, 5.41) is 6.59. The average molecular weight is 312 g/mol. The second-order valence-electron chi connectivity index (χ2n) is 5.97. The Balaban J connectivity index is 1.70. The van der Waals surface area contributed by atoms with Gasteiger partial charge in [0.25, 0.3) is 5.91 Å². The van der Waals surface area contributed by atoms with Gasteiger partial charge in [-0.1, -0.05) is 29.4 Å². The van der Waals surface area contributed by atoms with Gasteiger partial charge in [-0.2, -0.15) is 4.98 Å². The Hall–Kier alpha value is -2.70. The lowest BCUT2D eigenvalue weighted by Crippen LogP contribution is -2.46. The van der Waals surface area contributed by atoms with Crippen LogP contribution in [0, 0.1) is 6.92 Å². The molecular formula is C16H16N4O3. The van der Waals surface area contributed by atoms with Crippen LogP contribution in [0.4, 0.5) is 4.79 Å². The third kappa shape index (κ3) is 2.03. The normalized spacial score (nSPS) is 23.3. The van der Waals surface area contributed by atoms with Crippen molar-refractivity contribution in [2.75, 3.05) is 0 Å². The van der Waals surface area contributed by atoms with Gasteiger partial charge < -0.3 is 9.84 Å². The molecular weight excluding hydrogens is 296 g/mol. The minimum Gasteiger partial charge on any atom is -0.337 e. The lowest BCUT2D eigenvalue weighted by atomic mass is 9.76. The molecule has 1 aromatic heterocycles.